The largest absolute Gasteiger partial charge is 0.392 e. The van der Waals surface area contributed by atoms with Gasteiger partial charge in [-0.1, -0.05) is 60.7 Å². The third-order valence-electron chi connectivity index (χ3n) is 4.85. The summed E-state index contributed by atoms with van der Waals surface area (Å²) in [6.07, 6.45) is 4.06. The number of hydrogen-bond acceptors (Lipinski definition) is 2. The first-order valence-electron chi connectivity index (χ1n) is 8.80. The van der Waals surface area contributed by atoms with Crippen LogP contribution in [0, 0.1) is 0 Å². The second-order valence-corrected chi connectivity index (χ2v) is 6.69. The van der Waals surface area contributed by atoms with Crippen molar-refractivity contribution in [1.82, 2.24) is 4.90 Å². The summed E-state index contributed by atoms with van der Waals surface area (Å²) in [5.41, 5.74) is 2.75. The van der Waals surface area contributed by atoms with Crippen LogP contribution in [0.1, 0.15) is 36.3 Å². The zero-order chi connectivity index (χ0) is 15.9. The molecule has 23 heavy (non-hydrogen) atoms. The maximum absolute atomic E-state index is 10.4. The number of benzene rings is 2. The molecule has 1 N–H and O–H groups in total. The monoisotopic (exact) mass is 309 g/mol. The van der Waals surface area contributed by atoms with Gasteiger partial charge < -0.3 is 10.0 Å². The molecular formula is C21H27NO. The number of aliphatic hydroxyl groups excluding tert-OH is 1. The predicted octanol–water partition coefficient (Wildman–Crippen LogP) is 3.86. The molecule has 0 radical (unpaired) electrons. The van der Waals surface area contributed by atoms with E-state index >= 15 is 0 Å². The number of piperidine rings is 1. The van der Waals surface area contributed by atoms with Crippen molar-refractivity contribution in [2.24, 2.45) is 0 Å². The molecule has 0 aromatic heterocycles. The zero-order valence-corrected chi connectivity index (χ0v) is 13.8. The molecule has 1 saturated heterocycles. The molecule has 1 aliphatic heterocycles. The van der Waals surface area contributed by atoms with E-state index in [1.54, 1.807) is 0 Å². The van der Waals surface area contributed by atoms with Crippen LogP contribution < -0.4 is 0 Å². The number of aryl methyl sites for hydroxylation is 1. The van der Waals surface area contributed by atoms with E-state index in [2.05, 4.69) is 59.5 Å². The average Bonchev–Trinajstić information content (AvgIpc) is 2.62. The fraction of sp³-hybridized carbons (Fsp3) is 0.429. The lowest BCUT2D eigenvalue weighted by molar-refractivity contribution is 0.0896. The average molecular weight is 309 g/mol. The van der Waals surface area contributed by atoms with Gasteiger partial charge in [-0.05, 0) is 49.3 Å². The number of rotatable bonds is 6. The van der Waals surface area contributed by atoms with Gasteiger partial charge in [0, 0.05) is 13.1 Å². The lowest BCUT2D eigenvalue weighted by atomic mass is 9.90. The summed E-state index contributed by atoms with van der Waals surface area (Å²) in [4.78, 5) is 2.44. The molecule has 3 rings (SSSR count). The van der Waals surface area contributed by atoms with E-state index in [1.807, 2.05) is 6.07 Å². The first kappa shape index (κ1) is 16.2. The molecule has 2 aromatic rings. The van der Waals surface area contributed by atoms with Crippen LogP contribution >= 0.6 is 0 Å². The topological polar surface area (TPSA) is 23.5 Å². The molecule has 1 fully saturated rings. The summed E-state index contributed by atoms with van der Waals surface area (Å²) in [7, 11) is 0. The van der Waals surface area contributed by atoms with Gasteiger partial charge in [0.1, 0.15) is 0 Å². The van der Waals surface area contributed by atoms with Gasteiger partial charge in [0.2, 0.25) is 0 Å². The third-order valence-corrected chi connectivity index (χ3v) is 4.85. The van der Waals surface area contributed by atoms with Crippen LogP contribution in [0.25, 0.3) is 0 Å². The van der Waals surface area contributed by atoms with Gasteiger partial charge in [0.05, 0.1) is 6.10 Å². The molecule has 1 heterocycles. The van der Waals surface area contributed by atoms with Crippen molar-refractivity contribution in [3.8, 4) is 0 Å². The molecule has 0 saturated carbocycles. The van der Waals surface area contributed by atoms with Gasteiger partial charge in [-0.3, -0.25) is 0 Å². The second kappa shape index (κ2) is 8.28. The quantitative estimate of drug-likeness (QED) is 0.876. The molecule has 2 nitrogen and oxygen atoms in total. The molecule has 0 aliphatic carbocycles. The van der Waals surface area contributed by atoms with Crippen LogP contribution in [0.5, 0.6) is 0 Å². The van der Waals surface area contributed by atoms with E-state index in [0.29, 0.717) is 5.92 Å². The predicted molar refractivity (Wildman–Crippen MR) is 95.6 cm³/mol. The van der Waals surface area contributed by atoms with Crippen LogP contribution in [-0.4, -0.2) is 35.7 Å². The minimum absolute atomic E-state index is 0.232. The number of hydrogen-bond donors (Lipinski definition) is 1. The van der Waals surface area contributed by atoms with Crippen LogP contribution in [0.4, 0.5) is 0 Å². The summed E-state index contributed by atoms with van der Waals surface area (Å²) >= 11 is 0. The van der Waals surface area contributed by atoms with Gasteiger partial charge >= 0.3 is 0 Å². The molecular weight excluding hydrogens is 282 g/mol. The highest BCUT2D eigenvalue weighted by Crippen LogP contribution is 2.26. The minimum Gasteiger partial charge on any atom is -0.392 e. The zero-order valence-electron chi connectivity index (χ0n) is 13.8. The molecule has 0 spiro atoms. The maximum atomic E-state index is 10.4. The lowest BCUT2D eigenvalue weighted by Gasteiger charge is -2.34. The van der Waals surface area contributed by atoms with Crippen LogP contribution in [0.2, 0.25) is 0 Å². The SMILES string of the molecule is OC(CCc1ccccc1)CN1CCCC(c2ccccc2)C1. The first-order valence-corrected chi connectivity index (χ1v) is 8.80. The standard InChI is InChI=1S/C21H27NO/c23-21(14-13-18-8-3-1-4-9-18)17-22-15-7-12-20(16-22)19-10-5-2-6-11-19/h1-6,8-11,20-21,23H,7,12-17H2. The Morgan fingerprint density at radius 3 is 2.43 bits per heavy atom. The van der Waals surface area contributed by atoms with E-state index in [1.165, 1.54) is 24.0 Å². The normalized spacial score (nSPS) is 20.3. The summed E-state index contributed by atoms with van der Waals surface area (Å²) < 4.78 is 0. The van der Waals surface area contributed by atoms with E-state index in [9.17, 15) is 5.11 Å². The van der Waals surface area contributed by atoms with Crippen molar-refractivity contribution >= 4 is 0 Å². The van der Waals surface area contributed by atoms with Crippen molar-refractivity contribution in [3.63, 3.8) is 0 Å². The minimum atomic E-state index is -0.232. The second-order valence-electron chi connectivity index (χ2n) is 6.69. The Bertz CT molecular complexity index is 569. The van der Waals surface area contributed by atoms with Crippen molar-refractivity contribution in [2.75, 3.05) is 19.6 Å². The van der Waals surface area contributed by atoms with Crippen LogP contribution in [0.15, 0.2) is 60.7 Å². The summed E-state index contributed by atoms with van der Waals surface area (Å²) in [6, 6.07) is 21.3. The Morgan fingerprint density at radius 1 is 1.00 bits per heavy atom. The summed E-state index contributed by atoms with van der Waals surface area (Å²) in [5, 5.41) is 10.4. The maximum Gasteiger partial charge on any atom is 0.0670 e. The number of β-amino-alcohol motifs (C(OH)–C–C–N with tert-alkyl or cyclic N) is 1. The van der Waals surface area contributed by atoms with Gasteiger partial charge in [-0.2, -0.15) is 0 Å². The highest BCUT2D eigenvalue weighted by atomic mass is 16.3. The molecule has 2 heteroatoms. The Hall–Kier alpha value is -1.64. The van der Waals surface area contributed by atoms with Gasteiger partial charge in [0.25, 0.3) is 0 Å². The fourth-order valence-electron chi connectivity index (χ4n) is 3.59. The summed E-state index contributed by atoms with van der Waals surface area (Å²) in [5.74, 6) is 0.617. The van der Waals surface area contributed by atoms with Crippen molar-refractivity contribution in [2.45, 2.75) is 37.7 Å². The van der Waals surface area contributed by atoms with Crippen molar-refractivity contribution in [1.29, 1.82) is 0 Å². The Kier molecular flexibility index (Phi) is 5.84. The molecule has 2 aromatic carbocycles. The van der Waals surface area contributed by atoms with Crippen LogP contribution in [-0.2, 0) is 6.42 Å². The smallest absolute Gasteiger partial charge is 0.0670 e. The van der Waals surface area contributed by atoms with Crippen molar-refractivity contribution < 1.29 is 5.11 Å². The third kappa shape index (κ3) is 4.92. The molecule has 2 atom stereocenters. The molecule has 122 valence electrons. The van der Waals surface area contributed by atoms with E-state index in [4.69, 9.17) is 0 Å². The number of nitrogens with zero attached hydrogens (tertiary/aromatic N) is 1. The Balaban J connectivity index is 1.47. The first-order chi connectivity index (χ1) is 11.3. The Morgan fingerprint density at radius 2 is 1.70 bits per heavy atom. The lowest BCUT2D eigenvalue weighted by Crippen LogP contribution is -2.39. The molecule has 1 aliphatic rings. The van der Waals surface area contributed by atoms with Gasteiger partial charge in [-0.25, -0.2) is 0 Å². The number of likely N-dealkylation sites (tertiary alicyclic amines) is 1. The van der Waals surface area contributed by atoms with E-state index < -0.39 is 0 Å². The van der Waals surface area contributed by atoms with Gasteiger partial charge in [0.15, 0.2) is 0 Å². The van der Waals surface area contributed by atoms with E-state index in [-0.39, 0.29) is 6.10 Å². The Labute approximate surface area is 139 Å². The number of aliphatic hydroxyl groups is 1. The van der Waals surface area contributed by atoms with E-state index in [0.717, 1.165) is 32.5 Å². The van der Waals surface area contributed by atoms with Crippen molar-refractivity contribution in [3.05, 3.63) is 71.8 Å². The molecule has 0 bridgehead atoms. The van der Waals surface area contributed by atoms with Gasteiger partial charge in [-0.15, -0.1) is 0 Å². The fourth-order valence-corrected chi connectivity index (χ4v) is 3.59. The van der Waals surface area contributed by atoms with Crippen LogP contribution in [0.3, 0.4) is 0 Å². The summed E-state index contributed by atoms with van der Waals surface area (Å²) in [6.45, 7) is 2.99. The highest BCUT2D eigenvalue weighted by molar-refractivity contribution is 5.20. The molecule has 2 unspecified atom stereocenters. The highest BCUT2D eigenvalue weighted by Gasteiger charge is 2.22. The molecule has 0 amide bonds.